The summed E-state index contributed by atoms with van der Waals surface area (Å²) in [4.78, 5) is 12.7. The van der Waals surface area contributed by atoms with Crippen LogP contribution in [0, 0.1) is 13.8 Å². The smallest absolute Gasteiger partial charge is 0.181 e. The van der Waals surface area contributed by atoms with Gasteiger partial charge in [0.15, 0.2) is 21.3 Å². The third-order valence-corrected chi connectivity index (χ3v) is 10.7. The number of aromatic amines is 1. The number of likely N-dealkylation sites (tertiary alicyclic amines) is 1. The van der Waals surface area contributed by atoms with E-state index in [4.69, 9.17) is 14.7 Å². The number of aryl methyl sites for hydroxylation is 2. The zero-order valence-electron chi connectivity index (χ0n) is 25.2. The Balaban J connectivity index is 0.00000173. The Hall–Kier alpha value is -3.38. The van der Waals surface area contributed by atoms with Crippen molar-refractivity contribution >= 4 is 20.9 Å². The summed E-state index contributed by atoms with van der Waals surface area (Å²) in [7, 11) is -1.37. The van der Waals surface area contributed by atoms with Crippen molar-refractivity contribution in [2.45, 2.75) is 76.0 Å². The minimum Gasteiger partial charge on any atom is -0.489 e. The van der Waals surface area contributed by atoms with E-state index in [1.165, 1.54) is 16.7 Å². The van der Waals surface area contributed by atoms with Crippen molar-refractivity contribution in [3.05, 3.63) is 52.7 Å². The number of benzene rings is 2. The van der Waals surface area contributed by atoms with Crippen LogP contribution in [0.15, 0.2) is 35.2 Å². The molecule has 1 atom stereocenters. The van der Waals surface area contributed by atoms with Gasteiger partial charge in [0.05, 0.1) is 32.5 Å². The number of H-pyrrole nitrogens is 1. The molecule has 2 aliphatic heterocycles. The van der Waals surface area contributed by atoms with Crippen LogP contribution in [0.3, 0.4) is 0 Å². The summed E-state index contributed by atoms with van der Waals surface area (Å²) < 4.78 is 33.2. The Bertz CT molecular complexity index is 1720. The molecule has 0 amide bonds. The molecule has 1 unspecified atom stereocenters. The van der Waals surface area contributed by atoms with Gasteiger partial charge < -0.3 is 9.64 Å². The van der Waals surface area contributed by atoms with Gasteiger partial charge >= 0.3 is 0 Å². The second-order valence-electron chi connectivity index (χ2n) is 11.7. The van der Waals surface area contributed by atoms with E-state index in [1.807, 2.05) is 19.1 Å². The monoisotopic (exact) mass is 591 g/mol. The predicted octanol–water partition coefficient (Wildman–Crippen LogP) is 4.44. The molecule has 0 spiro atoms. The minimum atomic E-state index is -3.56. The van der Waals surface area contributed by atoms with E-state index in [9.17, 15) is 8.42 Å². The summed E-state index contributed by atoms with van der Waals surface area (Å²) in [6, 6.07) is 9.26. The first-order valence-electron chi connectivity index (χ1n) is 14.5. The molecule has 0 radical (unpaired) electrons. The molecule has 6 rings (SSSR count). The fraction of sp³-hybridized carbons (Fsp3) is 0.452. The van der Waals surface area contributed by atoms with Crippen molar-refractivity contribution < 1.29 is 13.2 Å². The van der Waals surface area contributed by atoms with Gasteiger partial charge in [-0.15, -0.1) is 0 Å². The first-order valence-corrected chi connectivity index (χ1v) is 16.0. The highest BCUT2D eigenvalue weighted by atomic mass is 32.2. The molecule has 0 aliphatic carbocycles. The van der Waals surface area contributed by atoms with Crippen LogP contribution in [0.1, 0.15) is 61.9 Å². The second kappa shape index (κ2) is 11.7. The Kier molecular flexibility index (Phi) is 8.39. The number of aromatic nitrogens is 4. The highest BCUT2D eigenvalue weighted by Crippen LogP contribution is 2.46. The number of piperidine rings is 1. The maximum absolute atomic E-state index is 13.4. The summed E-state index contributed by atoms with van der Waals surface area (Å²) >= 11 is 0. The van der Waals surface area contributed by atoms with Gasteiger partial charge in [0.1, 0.15) is 11.9 Å². The average molecular weight is 592 g/mol. The molecule has 4 aromatic rings. The van der Waals surface area contributed by atoms with Crippen LogP contribution in [0.5, 0.6) is 5.75 Å². The molecule has 10 nitrogen and oxygen atoms in total. The van der Waals surface area contributed by atoms with E-state index in [-0.39, 0.29) is 11.0 Å². The number of hydrazine groups is 1. The number of nitrogens with zero attached hydrogens (tertiary/aromatic N) is 4. The maximum Gasteiger partial charge on any atom is 0.181 e. The molecule has 2 aromatic carbocycles. The van der Waals surface area contributed by atoms with E-state index in [0.29, 0.717) is 28.6 Å². The molecule has 11 heteroatoms. The van der Waals surface area contributed by atoms with E-state index in [2.05, 4.69) is 53.7 Å². The summed E-state index contributed by atoms with van der Waals surface area (Å²) in [5, 5.41) is 7.62. The fourth-order valence-corrected chi connectivity index (χ4v) is 7.59. The van der Waals surface area contributed by atoms with Crippen LogP contribution in [-0.2, 0) is 16.3 Å². The van der Waals surface area contributed by atoms with Gasteiger partial charge in [-0.05, 0) is 96.8 Å². The number of ether oxygens (including phenoxy) is 1. The van der Waals surface area contributed by atoms with Crippen LogP contribution < -0.4 is 16.4 Å². The Morgan fingerprint density at radius 1 is 1.07 bits per heavy atom. The average Bonchev–Trinajstić information content (AvgIpc) is 3.55. The predicted molar refractivity (Wildman–Crippen MR) is 166 cm³/mol. The lowest BCUT2D eigenvalue weighted by atomic mass is 9.81. The second-order valence-corrected chi connectivity index (χ2v) is 14.2. The van der Waals surface area contributed by atoms with Crippen molar-refractivity contribution in [2.75, 3.05) is 20.1 Å². The highest BCUT2D eigenvalue weighted by molar-refractivity contribution is 7.92. The summed E-state index contributed by atoms with van der Waals surface area (Å²) in [5.74, 6) is 9.87. The molecule has 4 heterocycles. The molecule has 0 saturated carbocycles. The van der Waals surface area contributed by atoms with E-state index < -0.39 is 15.1 Å². The third-order valence-electron chi connectivity index (χ3n) is 8.48. The van der Waals surface area contributed by atoms with E-state index in [1.54, 1.807) is 26.0 Å². The van der Waals surface area contributed by atoms with Crippen LogP contribution in [0.25, 0.3) is 33.7 Å². The first-order chi connectivity index (χ1) is 20.1. The van der Waals surface area contributed by atoms with Crippen LogP contribution in [0.4, 0.5) is 0 Å². The molecule has 5 N–H and O–H groups in total. The number of rotatable bonds is 5. The highest BCUT2D eigenvalue weighted by Gasteiger charge is 2.33. The standard InChI is InChI=1S/C31H37N5O3S.H4N2/c1-17(2)40(37,38)25-10-8-7-9-22(25)28-27-20(5)34-35-31(27)33-30(32-28)24-15-18(3)26(21-11-13-36(6)14-12-21)23-16-19(4)39-29(23)24;1-2/h7-10,15,17,19,21H,11-14,16H2,1-6H3,(H,32,33,34,35);1-2H2. The quantitative estimate of drug-likeness (QED) is 0.226. The van der Waals surface area contributed by atoms with Gasteiger partial charge in [-0.25, -0.2) is 18.4 Å². The van der Waals surface area contributed by atoms with Crippen molar-refractivity contribution in [3.63, 3.8) is 0 Å². The summed E-state index contributed by atoms with van der Waals surface area (Å²) in [6.45, 7) is 11.8. The van der Waals surface area contributed by atoms with E-state index in [0.717, 1.165) is 54.7 Å². The fourth-order valence-electron chi connectivity index (χ4n) is 6.34. The maximum atomic E-state index is 13.4. The van der Waals surface area contributed by atoms with Crippen LogP contribution >= 0.6 is 0 Å². The minimum absolute atomic E-state index is 0.0649. The third kappa shape index (κ3) is 5.19. The number of sulfone groups is 1. The van der Waals surface area contributed by atoms with Gasteiger partial charge in [0.25, 0.3) is 0 Å². The van der Waals surface area contributed by atoms with Gasteiger partial charge in [0, 0.05) is 17.5 Å². The molecule has 42 heavy (non-hydrogen) atoms. The largest absolute Gasteiger partial charge is 0.489 e. The number of nitrogens with two attached hydrogens (primary N) is 2. The lowest BCUT2D eigenvalue weighted by Crippen LogP contribution is -2.29. The zero-order valence-corrected chi connectivity index (χ0v) is 26.0. The van der Waals surface area contributed by atoms with Gasteiger partial charge in [-0.2, -0.15) is 5.10 Å². The SMILES string of the molecule is Cc1cc(-c2nc(-c3ccccc3S(=O)(=O)C(C)C)c3c(C)n[nH]c3n2)c2c(c1C1CCN(C)CC1)CC(C)O2.NN. The number of nitrogens with one attached hydrogen (secondary N) is 1. The summed E-state index contributed by atoms with van der Waals surface area (Å²) in [6.07, 6.45) is 3.20. The Morgan fingerprint density at radius 3 is 2.45 bits per heavy atom. The topological polar surface area (TPSA) is 153 Å². The van der Waals surface area contributed by atoms with E-state index >= 15 is 0 Å². The molecular formula is C31H41N7O3S. The molecule has 2 aliphatic rings. The molecule has 1 fully saturated rings. The molecule has 1 saturated heterocycles. The van der Waals surface area contributed by atoms with Crippen LogP contribution in [0.2, 0.25) is 0 Å². The van der Waals surface area contributed by atoms with Crippen LogP contribution in [-0.4, -0.2) is 65.0 Å². The molecule has 2 aromatic heterocycles. The lowest BCUT2D eigenvalue weighted by molar-refractivity contribution is 0.254. The van der Waals surface area contributed by atoms with Crippen molar-refractivity contribution in [1.29, 1.82) is 0 Å². The summed E-state index contributed by atoms with van der Waals surface area (Å²) in [5.41, 5.74) is 7.17. The lowest BCUT2D eigenvalue weighted by Gasteiger charge is -2.31. The Labute approximate surface area is 247 Å². The number of fused-ring (bicyclic) bond motifs is 2. The Morgan fingerprint density at radius 2 is 1.76 bits per heavy atom. The molecule has 0 bridgehead atoms. The first kappa shape index (κ1) is 30.1. The number of hydrogen-bond acceptors (Lipinski definition) is 9. The molecule has 224 valence electrons. The van der Waals surface area contributed by atoms with Crippen molar-refractivity contribution in [1.82, 2.24) is 25.1 Å². The normalized spacial score (nSPS) is 17.7. The zero-order chi connectivity index (χ0) is 30.3. The van der Waals surface area contributed by atoms with Crippen molar-refractivity contribution in [2.24, 2.45) is 11.7 Å². The van der Waals surface area contributed by atoms with Gasteiger partial charge in [-0.3, -0.25) is 16.8 Å². The van der Waals surface area contributed by atoms with Gasteiger partial charge in [0.2, 0.25) is 0 Å². The van der Waals surface area contributed by atoms with Crippen molar-refractivity contribution in [3.8, 4) is 28.4 Å². The molecular weight excluding hydrogens is 550 g/mol. The number of hydrogen-bond donors (Lipinski definition) is 3. The van der Waals surface area contributed by atoms with Gasteiger partial charge in [-0.1, -0.05) is 18.2 Å².